The molecule has 0 saturated carbocycles. The second kappa shape index (κ2) is 8.02. The number of ether oxygens (including phenoxy) is 2. The summed E-state index contributed by atoms with van der Waals surface area (Å²) in [5.74, 6) is -0.0240. The van der Waals surface area contributed by atoms with E-state index in [2.05, 4.69) is 5.32 Å². The van der Waals surface area contributed by atoms with Crippen LogP contribution in [-0.2, 0) is 9.47 Å². The first-order chi connectivity index (χ1) is 9.75. The largest absolute Gasteiger partial charge is 0.379 e. The minimum Gasteiger partial charge on any atom is -0.379 e. The number of rotatable bonds is 7. The molecule has 1 saturated heterocycles. The fourth-order valence-electron chi connectivity index (χ4n) is 2.17. The third-order valence-electron chi connectivity index (χ3n) is 3.39. The van der Waals surface area contributed by atoms with Crippen LogP contribution in [0.5, 0.6) is 0 Å². The van der Waals surface area contributed by atoms with E-state index in [-0.39, 0.29) is 12.0 Å². The predicted octanol–water partition coefficient (Wildman–Crippen LogP) is 2.31. The number of carbonyl (C=O) groups is 1. The highest BCUT2D eigenvalue weighted by Crippen LogP contribution is 2.11. The molecule has 20 heavy (non-hydrogen) atoms. The molecule has 0 aliphatic carbocycles. The highest BCUT2D eigenvalue weighted by atomic mass is 16.5. The fraction of sp³-hybridized carbons (Fsp3) is 0.562. The Hall–Kier alpha value is -1.39. The van der Waals surface area contributed by atoms with Crippen LogP contribution in [0.4, 0.5) is 0 Å². The van der Waals surface area contributed by atoms with Crippen LogP contribution < -0.4 is 5.32 Å². The minimum absolute atomic E-state index is 0.0240. The molecule has 0 bridgehead atoms. The van der Waals surface area contributed by atoms with E-state index in [1.165, 1.54) is 0 Å². The normalized spacial score (nSPS) is 18.1. The molecule has 1 N–H and O–H groups in total. The Balaban J connectivity index is 1.54. The van der Waals surface area contributed by atoms with Gasteiger partial charge in [0.1, 0.15) is 0 Å². The third kappa shape index (κ3) is 4.94. The SMILES string of the molecule is Cc1ccc(C(=O)NCCCOCC2CCCO2)cc1. The van der Waals surface area contributed by atoms with Crippen LogP contribution in [0.25, 0.3) is 0 Å². The highest BCUT2D eigenvalue weighted by molar-refractivity contribution is 5.94. The van der Waals surface area contributed by atoms with Gasteiger partial charge in [-0.25, -0.2) is 0 Å². The number of nitrogens with one attached hydrogen (secondary N) is 1. The van der Waals surface area contributed by atoms with Crippen molar-refractivity contribution in [3.8, 4) is 0 Å². The quantitative estimate of drug-likeness (QED) is 0.778. The zero-order valence-corrected chi connectivity index (χ0v) is 12.1. The van der Waals surface area contributed by atoms with E-state index in [0.29, 0.717) is 25.3 Å². The summed E-state index contributed by atoms with van der Waals surface area (Å²) in [4.78, 5) is 11.8. The zero-order valence-electron chi connectivity index (χ0n) is 12.1. The number of amides is 1. The van der Waals surface area contributed by atoms with Crippen molar-refractivity contribution in [2.45, 2.75) is 32.3 Å². The summed E-state index contributed by atoms with van der Waals surface area (Å²) in [6, 6.07) is 7.58. The molecule has 1 atom stereocenters. The molecule has 4 heteroatoms. The Morgan fingerprint density at radius 1 is 1.40 bits per heavy atom. The van der Waals surface area contributed by atoms with Gasteiger partial charge in [-0.3, -0.25) is 4.79 Å². The fourth-order valence-corrected chi connectivity index (χ4v) is 2.17. The molecule has 1 amide bonds. The monoisotopic (exact) mass is 277 g/mol. The zero-order chi connectivity index (χ0) is 14.2. The van der Waals surface area contributed by atoms with E-state index < -0.39 is 0 Å². The van der Waals surface area contributed by atoms with Gasteiger partial charge in [-0.05, 0) is 38.3 Å². The Morgan fingerprint density at radius 3 is 2.90 bits per heavy atom. The minimum atomic E-state index is -0.0240. The Labute approximate surface area is 120 Å². The Kier molecular flexibility index (Phi) is 6.02. The van der Waals surface area contributed by atoms with Gasteiger partial charge in [-0.1, -0.05) is 17.7 Å². The average Bonchev–Trinajstić information content (AvgIpc) is 2.96. The van der Waals surface area contributed by atoms with E-state index in [9.17, 15) is 4.79 Å². The highest BCUT2D eigenvalue weighted by Gasteiger charge is 2.14. The van der Waals surface area contributed by atoms with Crippen LogP contribution in [0.3, 0.4) is 0 Å². The van der Waals surface area contributed by atoms with Crippen LogP contribution in [0.2, 0.25) is 0 Å². The number of benzene rings is 1. The Morgan fingerprint density at radius 2 is 2.20 bits per heavy atom. The van der Waals surface area contributed by atoms with Crippen LogP contribution in [0.1, 0.15) is 35.2 Å². The lowest BCUT2D eigenvalue weighted by molar-refractivity contribution is 0.0166. The van der Waals surface area contributed by atoms with Crippen molar-refractivity contribution in [3.63, 3.8) is 0 Å². The lowest BCUT2D eigenvalue weighted by Gasteiger charge is -2.10. The maximum Gasteiger partial charge on any atom is 0.251 e. The summed E-state index contributed by atoms with van der Waals surface area (Å²) < 4.78 is 11.0. The first-order valence-corrected chi connectivity index (χ1v) is 7.30. The summed E-state index contributed by atoms with van der Waals surface area (Å²) in [6.07, 6.45) is 3.34. The second-order valence-electron chi connectivity index (χ2n) is 5.19. The molecule has 1 heterocycles. The number of hydrogen-bond donors (Lipinski definition) is 1. The molecule has 0 spiro atoms. The molecule has 1 aromatic carbocycles. The first kappa shape index (κ1) is 15.0. The summed E-state index contributed by atoms with van der Waals surface area (Å²) in [5.41, 5.74) is 1.86. The molecule has 1 fully saturated rings. The van der Waals surface area contributed by atoms with Gasteiger partial charge >= 0.3 is 0 Å². The second-order valence-corrected chi connectivity index (χ2v) is 5.19. The van der Waals surface area contributed by atoms with Gasteiger partial charge in [0.25, 0.3) is 5.91 Å². The van der Waals surface area contributed by atoms with E-state index >= 15 is 0 Å². The summed E-state index contributed by atoms with van der Waals surface area (Å²) in [5, 5.41) is 2.90. The lowest BCUT2D eigenvalue weighted by atomic mass is 10.1. The summed E-state index contributed by atoms with van der Waals surface area (Å²) >= 11 is 0. The van der Waals surface area contributed by atoms with Gasteiger partial charge in [0, 0.05) is 25.3 Å². The maximum absolute atomic E-state index is 11.8. The summed E-state index contributed by atoms with van der Waals surface area (Å²) in [6.45, 7) is 4.84. The van der Waals surface area contributed by atoms with E-state index in [4.69, 9.17) is 9.47 Å². The molecule has 1 aliphatic rings. The molecule has 2 rings (SSSR count). The standard InChI is InChI=1S/C16H23NO3/c1-13-5-7-14(8-6-13)16(18)17-9-3-10-19-12-15-4-2-11-20-15/h5-8,15H,2-4,9-12H2,1H3,(H,17,18). The molecule has 110 valence electrons. The molecular formula is C16H23NO3. The maximum atomic E-state index is 11.8. The van der Waals surface area contributed by atoms with Crippen molar-refractivity contribution in [1.29, 1.82) is 0 Å². The molecule has 1 aromatic rings. The van der Waals surface area contributed by atoms with Gasteiger partial charge in [0.15, 0.2) is 0 Å². The molecule has 0 aromatic heterocycles. The lowest BCUT2D eigenvalue weighted by Crippen LogP contribution is -2.25. The third-order valence-corrected chi connectivity index (χ3v) is 3.39. The van der Waals surface area contributed by atoms with E-state index in [0.717, 1.165) is 31.4 Å². The smallest absolute Gasteiger partial charge is 0.251 e. The Bertz CT molecular complexity index is 410. The van der Waals surface area contributed by atoms with Crippen LogP contribution in [-0.4, -0.2) is 38.4 Å². The van der Waals surface area contributed by atoms with Gasteiger partial charge in [-0.2, -0.15) is 0 Å². The molecule has 0 radical (unpaired) electrons. The van der Waals surface area contributed by atoms with Crippen LogP contribution >= 0.6 is 0 Å². The molecule has 4 nitrogen and oxygen atoms in total. The van der Waals surface area contributed by atoms with Crippen molar-refractivity contribution in [2.24, 2.45) is 0 Å². The van der Waals surface area contributed by atoms with Gasteiger partial charge < -0.3 is 14.8 Å². The molecule has 1 unspecified atom stereocenters. The van der Waals surface area contributed by atoms with Crippen LogP contribution in [0.15, 0.2) is 24.3 Å². The van der Waals surface area contributed by atoms with Crippen molar-refractivity contribution in [1.82, 2.24) is 5.32 Å². The van der Waals surface area contributed by atoms with Gasteiger partial charge in [0.05, 0.1) is 12.7 Å². The molecule has 1 aliphatic heterocycles. The van der Waals surface area contributed by atoms with Crippen molar-refractivity contribution < 1.29 is 14.3 Å². The number of aryl methyl sites for hydroxylation is 1. The van der Waals surface area contributed by atoms with Crippen molar-refractivity contribution in [3.05, 3.63) is 35.4 Å². The molecular weight excluding hydrogens is 254 g/mol. The van der Waals surface area contributed by atoms with Gasteiger partial charge in [0.2, 0.25) is 0 Å². The first-order valence-electron chi connectivity index (χ1n) is 7.30. The number of hydrogen-bond acceptors (Lipinski definition) is 3. The van der Waals surface area contributed by atoms with Gasteiger partial charge in [-0.15, -0.1) is 0 Å². The topological polar surface area (TPSA) is 47.6 Å². The van der Waals surface area contributed by atoms with E-state index in [1.807, 2.05) is 31.2 Å². The number of carbonyl (C=O) groups excluding carboxylic acids is 1. The summed E-state index contributed by atoms with van der Waals surface area (Å²) in [7, 11) is 0. The average molecular weight is 277 g/mol. The van der Waals surface area contributed by atoms with Crippen molar-refractivity contribution >= 4 is 5.91 Å². The predicted molar refractivity (Wildman–Crippen MR) is 77.9 cm³/mol. The van der Waals surface area contributed by atoms with Crippen molar-refractivity contribution in [2.75, 3.05) is 26.4 Å². The van der Waals surface area contributed by atoms with E-state index in [1.54, 1.807) is 0 Å². The van der Waals surface area contributed by atoms with Crippen LogP contribution in [0, 0.1) is 6.92 Å².